The van der Waals surface area contributed by atoms with Gasteiger partial charge in [-0.1, -0.05) is 45.0 Å². The molecule has 1 N–H and O–H groups in total. The van der Waals surface area contributed by atoms with Crippen molar-refractivity contribution in [3.05, 3.63) is 58.9 Å². The van der Waals surface area contributed by atoms with Crippen molar-refractivity contribution in [2.24, 2.45) is 5.92 Å². The molecule has 0 aliphatic heterocycles. The fourth-order valence-corrected chi connectivity index (χ4v) is 4.39. The van der Waals surface area contributed by atoms with Crippen LogP contribution in [-0.4, -0.2) is 23.7 Å². The van der Waals surface area contributed by atoms with E-state index in [2.05, 4.69) is 55.3 Å². The highest BCUT2D eigenvalue weighted by atomic mass is 19.4. The molecule has 2 aliphatic rings. The molecule has 32 heavy (non-hydrogen) atoms. The predicted octanol–water partition coefficient (Wildman–Crippen LogP) is 5.62. The lowest BCUT2D eigenvalue weighted by Gasteiger charge is -2.26. The number of aryl methyl sites for hydroxylation is 1. The summed E-state index contributed by atoms with van der Waals surface area (Å²) in [7, 11) is 0. The van der Waals surface area contributed by atoms with Gasteiger partial charge in [-0.2, -0.15) is 13.2 Å². The van der Waals surface area contributed by atoms with Crippen molar-refractivity contribution in [2.75, 3.05) is 6.61 Å². The number of halogens is 3. The first-order chi connectivity index (χ1) is 15.0. The number of carbonyl (C=O) groups is 1. The first-order valence-corrected chi connectivity index (χ1v) is 11.1. The second-order valence-electron chi connectivity index (χ2n) is 9.89. The molecule has 1 amide bonds. The Morgan fingerprint density at radius 2 is 1.91 bits per heavy atom. The van der Waals surface area contributed by atoms with Gasteiger partial charge >= 0.3 is 6.18 Å². The molecule has 3 atom stereocenters. The largest absolute Gasteiger partial charge is 0.482 e. The van der Waals surface area contributed by atoms with E-state index >= 15 is 0 Å². The van der Waals surface area contributed by atoms with Gasteiger partial charge in [0.15, 0.2) is 6.61 Å². The van der Waals surface area contributed by atoms with Crippen LogP contribution in [0.5, 0.6) is 5.75 Å². The molecule has 1 heterocycles. The minimum atomic E-state index is -4.39. The van der Waals surface area contributed by atoms with E-state index in [0.29, 0.717) is 6.42 Å². The van der Waals surface area contributed by atoms with Crippen molar-refractivity contribution in [3.63, 3.8) is 0 Å². The molecule has 0 saturated heterocycles. The normalized spacial score (nSPS) is 22.8. The molecule has 2 aliphatic carbocycles. The van der Waals surface area contributed by atoms with Crippen molar-refractivity contribution >= 4 is 5.91 Å². The molecule has 4 rings (SSSR count). The van der Waals surface area contributed by atoms with Gasteiger partial charge in [0.05, 0.1) is 17.9 Å². The van der Waals surface area contributed by atoms with E-state index in [1.54, 1.807) is 6.07 Å². The van der Waals surface area contributed by atoms with Crippen LogP contribution in [0.1, 0.15) is 74.4 Å². The number of ether oxygens (including phenoxy) is 1. The standard InChI is InChI=1S/C25H29F3N2O2/c1-24(2,3)17-9-7-15(8-10-17)19-12-20(19)23(31)30-21-6-4-5-16-11-18(13-29-22(16)21)32-14-25(26,27)28/h7-11,13,19-21H,4-6,12,14H2,1-3H3,(H,30,31). The third kappa shape index (κ3) is 5.25. The first-order valence-electron chi connectivity index (χ1n) is 11.1. The van der Waals surface area contributed by atoms with E-state index in [4.69, 9.17) is 4.74 Å². The topological polar surface area (TPSA) is 51.2 Å². The molecular formula is C25H29F3N2O2. The van der Waals surface area contributed by atoms with Gasteiger partial charge < -0.3 is 10.1 Å². The molecule has 3 unspecified atom stereocenters. The van der Waals surface area contributed by atoms with E-state index in [-0.39, 0.29) is 34.9 Å². The number of aromatic nitrogens is 1. The summed E-state index contributed by atoms with van der Waals surface area (Å²) in [5.41, 5.74) is 4.12. The first kappa shape index (κ1) is 22.6. The number of nitrogens with zero attached hydrogens (tertiary/aromatic N) is 1. The lowest BCUT2D eigenvalue weighted by molar-refractivity contribution is -0.153. The average molecular weight is 447 g/mol. The Balaban J connectivity index is 1.38. The summed E-state index contributed by atoms with van der Waals surface area (Å²) in [5, 5.41) is 3.13. The van der Waals surface area contributed by atoms with E-state index in [1.807, 2.05) is 0 Å². The van der Waals surface area contributed by atoms with Crippen LogP contribution in [0.2, 0.25) is 0 Å². The highest BCUT2D eigenvalue weighted by Crippen LogP contribution is 2.48. The quantitative estimate of drug-likeness (QED) is 0.649. The van der Waals surface area contributed by atoms with Crippen LogP contribution in [0.25, 0.3) is 0 Å². The Morgan fingerprint density at radius 3 is 2.56 bits per heavy atom. The van der Waals surface area contributed by atoms with Crippen molar-refractivity contribution < 1.29 is 22.7 Å². The lowest BCUT2D eigenvalue weighted by atomic mass is 9.86. The summed E-state index contributed by atoms with van der Waals surface area (Å²) in [6, 6.07) is 9.93. The molecule has 1 aromatic carbocycles. The Kier molecular flexibility index (Phi) is 5.94. The Morgan fingerprint density at radius 1 is 1.19 bits per heavy atom. The smallest absolute Gasteiger partial charge is 0.422 e. The Labute approximate surface area is 186 Å². The average Bonchev–Trinajstić information content (AvgIpc) is 3.52. The van der Waals surface area contributed by atoms with E-state index in [1.165, 1.54) is 17.3 Å². The second kappa shape index (κ2) is 8.41. The molecule has 4 nitrogen and oxygen atoms in total. The molecule has 1 fully saturated rings. The number of carbonyl (C=O) groups excluding carboxylic acids is 1. The van der Waals surface area contributed by atoms with Crippen LogP contribution < -0.4 is 10.1 Å². The zero-order chi connectivity index (χ0) is 23.1. The maximum atomic E-state index is 12.9. The number of nitrogens with one attached hydrogen (secondary N) is 1. The van der Waals surface area contributed by atoms with Crippen molar-refractivity contribution in [1.29, 1.82) is 0 Å². The van der Waals surface area contributed by atoms with Gasteiger partial charge in [0.1, 0.15) is 5.75 Å². The number of hydrogen-bond donors (Lipinski definition) is 1. The van der Waals surface area contributed by atoms with Crippen LogP contribution in [0.15, 0.2) is 36.5 Å². The van der Waals surface area contributed by atoms with E-state index < -0.39 is 12.8 Å². The van der Waals surface area contributed by atoms with Gasteiger partial charge in [-0.05, 0) is 59.8 Å². The molecule has 172 valence electrons. The number of alkyl halides is 3. The fourth-order valence-electron chi connectivity index (χ4n) is 4.39. The molecule has 2 aromatic rings. The minimum absolute atomic E-state index is 0.0203. The summed E-state index contributed by atoms with van der Waals surface area (Å²) in [5.74, 6) is 0.314. The van der Waals surface area contributed by atoms with Gasteiger partial charge in [-0.3, -0.25) is 9.78 Å². The van der Waals surface area contributed by atoms with Crippen LogP contribution >= 0.6 is 0 Å². The van der Waals surface area contributed by atoms with Crippen molar-refractivity contribution in [2.45, 2.75) is 70.0 Å². The molecule has 0 spiro atoms. The summed E-state index contributed by atoms with van der Waals surface area (Å²) < 4.78 is 42.0. The van der Waals surface area contributed by atoms with Crippen molar-refractivity contribution in [1.82, 2.24) is 10.3 Å². The zero-order valence-corrected chi connectivity index (χ0v) is 18.6. The number of hydrogen-bond acceptors (Lipinski definition) is 3. The van der Waals surface area contributed by atoms with Crippen LogP contribution in [0.4, 0.5) is 13.2 Å². The van der Waals surface area contributed by atoms with Gasteiger partial charge in [0.25, 0.3) is 0 Å². The number of fused-ring (bicyclic) bond motifs is 1. The highest BCUT2D eigenvalue weighted by Gasteiger charge is 2.44. The number of rotatable bonds is 5. The molecule has 7 heteroatoms. The summed E-state index contributed by atoms with van der Waals surface area (Å²) in [6.45, 7) is 5.19. The molecule has 1 saturated carbocycles. The molecule has 1 aromatic heterocycles. The lowest BCUT2D eigenvalue weighted by Crippen LogP contribution is -2.33. The maximum absolute atomic E-state index is 12.9. The second-order valence-corrected chi connectivity index (χ2v) is 9.89. The van der Waals surface area contributed by atoms with Gasteiger partial charge in [-0.25, -0.2) is 0 Å². The molecular weight excluding hydrogens is 417 g/mol. The highest BCUT2D eigenvalue weighted by molar-refractivity contribution is 5.83. The third-order valence-corrected chi connectivity index (χ3v) is 6.30. The SMILES string of the molecule is CC(C)(C)c1ccc(C2CC2C(=O)NC2CCCc3cc(OCC(F)(F)F)cnc32)cc1. The van der Waals surface area contributed by atoms with E-state index in [0.717, 1.165) is 30.5 Å². The van der Waals surface area contributed by atoms with Gasteiger partial charge in [-0.15, -0.1) is 0 Å². The minimum Gasteiger partial charge on any atom is -0.482 e. The van der Waals surface area contributed by atoms with Crippen molar-refractivity contribution in [3.8, 4) is 5.75 Å². The number of pyridine rings is 1. The third-order valence-electron chi connectivity index (χ3n) is 6.30. The summed E-state index contributed by atoms with van der Waals surface area (Å²) >= 11 is 0. The van der Waals surface area contributed by atoms with Crippen LogP contribution in [0, 0.1) is 5.92 Å². The summed E-state index contributed by atoms with van der Waals surface area (Å²) in [6.07, 6.45) is 0.0743. The Bertz CT molecular complexity index is 980. The zero-order valence-electron chi connectivity index (χ0n) is 18.6. The number of benzene rings is 1. The molecule has 0 radical (unpaired) electrons. The van der Waals surface area contributed by atoms with Crippen LogP contribution in [0.3, 0.4) is 0 Å². The predicted molar refractivity (Wildman–Crippen MR) is 116 cm³/mol. The Hall–Kier alpha value is -2.57. The van der Waals surface area contributed by atoms with Gasteiger partial charge in [0, 0.05) is 5.92 Å². The fraction of sp³-hybridized carbons (Fsp3) is 0.520. The van der Waals surface area contributed by atoms with Crippen LogP contribution in [-0.2, 0) is 16.6 Å². The number of amides is 1. The monoisotopic (exact) mass is 446 g/mol. The maximum Gasteiger partial charge on any atom is 0.422 e. The molecule has 0 bridgehead atoms. The summed E-state index contributed by atoms with van der Waals surface area (Å²) in [4.78, 5) is 17.2. The van der Waals surface area contributed by atoms with E-state index in [9.17, 15) is 18.0 Å². The van der Waals surface area contributed by atoms with Gasteiger partial charge in [0.2, 0.25) is 5.91 Å².